The van der Waals surface area contributed by atoms with Crippen LogP contribution in [0, 0.1) is 5.92 Å². The summed E-state index contributed by atoms with van der Waals surface area (Å²) in [6, 6.07) is 20.9. The maximum Gasteiger partial charge on any atom is 0.0677 e. The first-order chi connectivity index (χ1) is 9.86. The Labute approximate surface area is 121 Å². The molecular formula is C19H22O. The van der Waals surface area contributed by atoms with Crippen molar-refractivity contribution >= 4 is 0 Å². The number of aliphatic hydroxyl groups is 1. The van der Waals surface area contributed by atoms with E-state index < -0.39 is 0 Å². The molecular weight excluding hydrogens is 244 g/mol. The lowest BCUT2D eigenvalue weighted by Crippen LogP contribution is -2.27. The first-order valence-corrected chi connectivity index (χ1v) is 7.64. The number of benzene rings is 2. The molecule has 0 bridgehead atoms. The van der Waals surface area contributed by atoms with E-state index in [9.17, 15) is 5.11 Å². The predicted molar refractivity (Wildman–Crippen MR) is 82.7 cm³/mol. The monoisotopic (exact) mass is 266 g/mol. The van der Waals surface area contributed by atoms with Gasteiger partial charge in [-0.3, -0.25) is 0 Å². The van der Waals surface area contributed by atoms with Crippen LogP contribution in [0.5, 0.6) is 0 Å². The molecule has 0 aromatic heterocycles. The van der Waals surface area contributed by atoms with Gasteiger partial charge in [0.05, 0.1) is 6.10 Å². The van der Waals surface area contributed by atoms with Crippen LogP contribution in [0.15, 0.2) is 60.7 Å². The molecule has 3 rings (SSSR count). The Bertz CT molecular complexity index is 474. The van der Waals surface area contributed by atoms with Gasteiger partial charge in [0.2, 0.25) is 0 Å². The number of rotatable bonds is 4. The molecule has 1 nitrogen and oxygen atoms in total. The van der Waals surface area contributed by atoms with E-state index in [0.29, 0.717) is 5.92 Å². The predicted octanol–water partition coefficient (Wildman–Crippen LogP) is 4.37. The van der Waals surface area contributed by atoms with Gasteiger partial charge in [-0.05, 0) is 29.9 Å². The molecule has 1 atom stereocenters. The van der Waals surface area contributed by atoms with Crippen LogP contribution in [0.4, 0.5) is 0 Å². The zero-order valence-electron chi connectivity index (χ0n) is 11.8. The lowest BCUT2D eigenvalue weighted by atomic mass is 9.80. The van der Waals surface area contributed by atoms with Gasteiger partial charge in [-0.1, -0.05) is 73.5 Å². The van der Waals surface area contributed by atoms with Gasteiger partial charge in [-0.2, -0.15) is 0 Å². The summed E-state index contributed by atoms with van der Waals surface area (Å²) in [5, 5.41) is 10.9. The molecule has 20 heavy (non-hydrogen) atoms. The number of hydrogen-bond acceptors (Lipinski definition) is 1. The van der Waals surface area contributed by atoms with Gasteiger partial charge >= 0.3 is 0 Å². The third kappa shape index (κ3) is 2.78. The van der Waals surface area contributed by atoms with E-state index in [0.717, 1.165) is 12.8 Å². The molecule has 0 radical (unpaired) electrons. The average Bonchev–Trinajstić information content (AvgIpc) is 3.04. The minimum atomic E-state index is -0.276. The Balaban J connectivity index is 1.95. The summed E-state index contributed by atoms with van der Waals surface area (Å²) >= 11 is 0. The van der Waals surface area contributed by atoms with Crippen molar-refractivity contribution in [1.82, 2.24) is 0 Å². The van der Waals surface area contributed by atoms with E-state index in [1.54, 1.807) is 0 Å². The highest BCUT2D eigenvalue weighted by atomic mass is 16.3. The van der Waals surface area contributed by atoms with Crippen molar-refractivity contribution in [3.63, 3.8) is 0 Å². The fourth-order valence-electron chi connectivity index (χ4n) is 3.48. The molecule has 1 aliphatic rings. The van der Waals surface area contributed by atoms with Gasteiger partial charge in [-0.25, -0.2) is 0 Å². The molecule has 1 N–H and O–H groups in total. The Morgan fingerprint density at radius 1 is 0.750 bits per heavy atom. The van der Waals surface area contributed by atoms with Crippen LogP contribution in [0.25, 0.3) is 0 Å². The third-order valence-corrected chi connectivity index (χ3v) is 4.54. The average molecular weight is 266 g/mol. The Hall–Kier alpha value is -1.60. The normalized spacial score (nSPS) is 17.5. The minimum Gasteiger partial charge on any atom is -0.392 e. The van der Waals surface area contributed by atoms with Crippen LogP contribution in [0.2, 0.25) is 0 Å². The quantitative estimate of drug-likeness (QED) is 0.871. The summed E-state index contributed by atoms with van der Waals surface area (Å²) in [4.78, 5) is 0. The van der Waals surface area contributed by atoms with Crippen LogP contribution in [0.1, 0.15) is 42.7 Å². The lowest BCUT2D eigenvalue weighted by Gasteiger charge is -2.28. The molecule has 2 aromatic rings. The van der Waals surface area contributed by atoms with E-state index in [4.69, 9.17) is 0 Å². The zero-order valence-corrected chi connectivity index (χ0v) is 11.8. The van der Waals surface area contributed by atoms with Gasteiger partial charge in [0.25, 0.3) is 0 Å². The van der Waals surface area contributed by atoms with E-state index in [1.165, 1.54) is 24.0 Å². The third-order valence-electron chi connectivity index (χ3n) is 4.54. The largest absolute Gasteiger partial charge is 0.392 e. The molecule has 1 heteroatoms. The molecule has 104 valence electrons. The second kappa shape index (κ2) is 6.23. The fourth-order valence-corrected chi connectivity index (χ4v) is 3.48. The van der Waals surface area contributed by atoms with E-state index in [-0.39, 0.29) is 12.0 Å². The molecule has 1 unspecified atom stereocenters. The second-order valence-electron chi connectivity index (χ2n) is 5.83. The molecule has 2 aromatic carbocycles. The number of aliphatic hydroxyl groups excluding tert-OH is 1. The van der Waals surface area contributed by atoms with Gasteiger partial charge in [0.15, 0.2) is 0 Å². The Morgan fingerprint density at radius 2 is 1.20 bits per heavy atom. The van der Waals surface area contributed by atoms with Crippen molar-refractivity contribution in [3.05, 3.63) is 71.8 Å². The van der Waals surface area contributed by atoms with Crippen LogP contribution >= 0.6 is 0 Å². The summed E-state index contributed by atoms with van der Waals surface area (Å²) in [7, 11) is 0. The topological polar surface area (TPSA) is 20.2 Å². The van der Waals surface area contributed by atoms with Crippen molar-refractivity contribution in [1.29, 1.82) is 0 Å². The Morgan fingerprint density at radius 3 is 1.65 bits per heavy atom. The molecule has 0 saturated heterocycles. The van der Waals surface area contributed by atoms with E-state index in [1.807, 2.05) is 12.1 Å². The van der Waals surface area contributed by atoms with Gasteiger partial charge in [-0.15, -0.1) is 0 Å². The van der Waals surface area contributed by atoms with Gasteiger partial charge in [0.1, 0.15) is 0 Å². The maximum absolute atomic E-state index is 10.9. The van der Waals surface area contributed by atoms with Crippen molar-refractivity contribution in [2.45, 2.75) is 37.7 Å². The van der Waals surface area contributed by atoms with Crippen LogP contribution < -0.4 is 0 Å². The molecule has 0 heterocycles. The summed E-state index contributed by atoms with van der Waals surface area (Å²) in [6.07, 6.45) is 4.58. The van der Waals surface area contributed by atoms with Gasteiger partial charge < -0.3 is 5.11 Å². The first-order valence-electron chi connectivity index (χ1n) is 7.64. The maximum atomic E-state index is 10.9. The summed E-state index contributed by atoms with van der Waals surface area (Å²) in [5.74, 6) is 0.543. The van der Waals surface area contributed by atoms with Gasteiger partial charge in [0, 0.05) is 5.92 Å². The van der Waals surface area contributed by atoms with E-state index >= 15 is 0 Å². The van der Waals surface area contributed by atoms with Crippen molar-refractivity contribution < 1.29 is 5.11 Å². The summed E-state index contributed by atoms with van der Waals surface area (Å²) in [5.41, 5.74) is 2.44. The lowest BCUT2D eigenvalue weighted by molar-refractivity contribution is 0.0945. The molecule has 0 aliphatic heterocycles. The number of hydrogen-bond donors (Lipinski definition) is 1. The standard InChI is InChI=1S/C19H22O/c20-19(17-13-7-8-14-17)18(15-9-3-1-4-10-15)16-11-5-2-6-12-16/h1-6,9-12,17-20H,7-8,13-14H2. The molecule has 0 spiro atoms. The molecule has 0 amide bonds. The zero-order chi connectivity index (χ0) is 13.8. The summed E-state index contributed by atoms with van der Waals surface area (Å²) < 4.78 is 0. The van der Waals surface area contributed by atoms with Crippen molar-refractivity contribution in [2.24, 2.45) is 5.92 Å². The molecule has 1 saturated carbocycles. The van der Waals surface area contributed by atoms with E-state index in [2.05, 4.69) is 48.5 Å². The highest BCUT2D eigenvalue weighted by Gasteiger charge is 2.31. The SMILES string of the molecule is OC(C1CCCC1)C(c1ccccc1)c1ccccc1. The van der Waals surface area contributed by atoms with Crippen LogP contribution in [-0.2, 0) is 0 Å². The van der Waals surface area contributed by atoms with Crippen molar-refractivity contribution in [2.75, 3.05) is 0 Å². The summed E-state index contributed by atoms with van der Waals surface area (Å²) in [6.45, 7) is 0. The molecule has 1 aliphatic carbocycles. The smallest absolute Gasteiger partial charge is 0.0677 e. The molecule has 1 fully saturated rings. The minimum absolute atomic E-state index is 0.0977. The highest BCUT2D eigenvalue weighted by molar-refractivity contribution is 5.34. The van der Waals surface area contributed by atoms with Crippen molar-refractivity contribution in [3.8, 4) is 0 Å². The highest BCUT2D eigenvalue weighted by Crippen LogP contribution is 2.37. The first kappa shape index (κ1) is 13.4. The van der Waals surface area contributed by atoms with Crippen LogP contribution in [-0.4, -0.2) is 11.2 Å². The Kier molecular flexibility index (Phi) is 4.17. The van der Waals surface area contributed by atoms with Crippen LogP contribution in [0.3, 0.4) is 0 Å². The second-order valence-corrected chi connectivity index (χ2v) is 5.83. The fraction of sp³-hybridized carbons (Fsp3) is 0.368.